The van der Waals surface area contributed by atoms with Crippen molar-refractivity contribution in [2.45, 2.75) is 39.1 Å². The smallest absolute Gasteiger partial charge is 0.335 e. The van der Waals surface area contributed by atoms with Crippen LogP contribution in [-0.2, 0) is 41.8 Å². The highest BCUT2D eigenvalue weighted by Gasteiger charge is 2.23. The highest BCUT2D eigenvalue weighted by atomic mass is 16.5. The first-order chi connectivity index (χ1) is 21.9. The molecule has 0 fully saturated rings. The number of hydrogen-bond acceptors (Lipinski definition) is 8. The molecule has 2 atom stereocenters. The molecule has 8 nitrogen and oxygen atoms in total. The van der Waals surface area contributed by atoms with Crippen molar-refractivity contribution in [1.29, 1.82) is 0 Å². The van der Waals surface area contributed by atoms with Crippen LogP contribution in [0.3, 0.4) is 0 Å². The Morgan fingerprint density at radius 2 is 1.04 bits per heavy atom. The summed E-state index contributed by atoms with van der Waals surface area (Å²) in [5.74, 6) is -0.765. The molecular formula is C37H42N2O6. The summed E-state index contributed by atoms with van der Waals surface area (Å²) in [5.41, 5.74) is 12.0. The van der Waals surface area contributed by atoms with Gasteiger partial charge in [-0.05, 0) is 36.1 Å². The molecule has 2 N–H and O–H groups in total. The van der Waals surface area contributed by atoms with E-state index in [0.29, 0.717) is 26.4 Å². The largest absolute Gasteiger partial charge is 0.465 e. The normalized spacial score (nSPS) is 11.8. The van der Waals surface area contributed by atoms with Crippen molar-refractivity contribution in [2.24, 2.45) is 10.7 Å². The summed E-state index contributed by atoms with van der Waals surface area (Å²) in [7, 11) is 3.30. The van der Waals surface area contributed by atoms with E-state index in [1.165, 1.54) is 0 Å². The van der Waals surface area contributed by atoms with Crippen LogP contribution >= 0.6 is 0 Å². The molecule has 0 aromatic heterocycles. The molecule has 0 saturated carbocycles. The third-order valence-corrected chi connectivity index (χ3v) is 6.66. The van der Waals surface area contributed by atoms with E-state index in [1.807, 2.05) is 109 Å². The van der Waals surface area contributed by atoms with Crippen LogP contribution in [0.1, 0.15) is 59.3 Å². The summed E-state index contributed by atoms with van der Waals surface area (Å²) in [6.07, 6.45) is 0. The molecule has 0 spiro atoms. The number of methoxy groups -OCH3 is 2. The van der Waals surface area contributed by atoms with E-state index in [2.05, 4.69) is 0 Å². The summed E-state index contributed by atoms with van der Waals surface area (Å²) in [4.78, 5) is 29.1. The van der Waals surface area contributed by atoms with Crippen LogP contribution in [0.5, 0.6) is 0 Å². The maximum atomic E-state index is 12.8. The number of nitrogens with two attached hydrogens (primary N) is 1. The second-order valence-corrected chi connectivity index (χ2v) is 9.94. The van der Waals surface area contributed by atoms with Crippen molar-refractivity contribution in [3.05, 3.63) is 143 Å². The molecule has 4 aromatic rings. The Morgan fingerprint density at radius 1 is 0.622 bits per heavy atom. The number of aliphatic imine (C=N–C) groups is 1. The van der Waals surface area contributed by atoms with Crippen molar-refractivity contribution in [2.75, 3.05) is 27.4 Å². The third-order valence-electron chi connectivity index (χ3n) is 6.66. The van der Waals surface area contributed by atoms with Crippen LogP contribution in [0.25, 0.3) is 0 Å². The fraction of sp³-hybridized carbons (Fsp3) is 0.270. The van der Waals surface area contributed by atoms with Gasteiger partial charge in [0.2, 0.25) is 0 Å². The first kappa shape index (κ1) is 34.9. The second-order valence-electron chi connectivity index (χ2n) is 9.94. The van der Waals surface area contributed by atoms with E-state index in [4.69, 9.17) is 29.7 Å². The van der Waals surface area contributed by atoms with Crippen LogP contribution in [0.4, 0.5) is 0 Å². The fourth-order valence-electron chi connectivity index (χ4n) is 4.44. The first-order valence-electron chi connectivity index (χ1n) is 14.8. The van der Waals surface area contributed by atoms with Gasteiger partial charge in [0.05, 0.1) is 32.1 Å². The Bertz CT molecular complexity index is 1430. The fourth-order valence-corrected chi connectivity index (χ4v) is 4.44. The van der Waals surface area contributed by atoms with E-state index in [1.54, 1.807) is 28.1 Å². The number of carbonyl (C=O) groups is 2. The Labute approximate surface area is 265 Å². The maximum absolute atomic E-state index is 12.8. The van der Waals surface area contributed by atoms with Crippen LogP contribution < -0.4 is 5.73 Å². The molecule has 45 heavy (non-hydrogen) atoms. The average Bonchev–Trinajstić information content (AvgIpc) is 3.07. The van der Waals surface area contributed by atoms with E-state index < -0.39 is 18.1 Å². The predicted molar refractivity (Wildman–Crippen MR) is 176 cm³/mol. The van der Waals surface area contributed by atoms with E-state index in [9.17, 15) is 9.59 Å². The molecule has 0 heterocycles. The average molecular weight is 611 g/mol. The van der Waals surface area contributed by atoms with E-state index in [0.717, 1.165) is 39.1 Å². The van der Waals surface area contributed by atoms with Gasteiger partial charge in [-0.3, -0.25) is 4.99 Å². The lowest BCUT2D eigenvalue weighted by molar-refractivity contribution is -0.145. The minimum Gasteiger partial charge on any atom is -0.465 e. The monoisotopic (exact) mass is 610 g/mol. The number of benzene rings is 4. The van der Waals surface area contributed by atoms with Crippen LogP contribution in [0.2, 0.25) is 0 Å². The molecule has 4 aromatic carbocycles. The SMILES string of the molecule is CCOC(=O)C(N)c1ccc(COC)cc1.CCOC(=O)C(N=C(c1ccccc1)c1ccccc1)c1ccc(COC)cc1. The zero-order valence-corrected chi connectivity index (χ0v) is 26.3. The Morgan fingerprint density at radius 3 is 1.47 bits per heavy atom. The number of ether oxygens (including phenoxy) is 4. The number of carbonyl (C=O) groups excluding carboxylic acids is 2. The van der Waals surface area contributed by atoms with Crippen molar-refractivity contribution in [3.63, 3.8) is 0 Å². The Kier molecular flexibility index (Phi) is 14.6. The van der Waals surface area contributed by atoms with Crippen molar-refractivity contribution < 1.29 is 28.5 Å². The molecule has 0 bridgehead atoms. The molecule has 8 heteroatoms. The number of esters is 2. The maximum Gasteiger partial charge on any atom is 0.335 e. The van der Waals surface area contributed by atoms with Gasteiger partial charge in [-0.2, -0.15) is 0 Å². The first-order valence-corrected chi connectivity index (χ1v) is 14.8. The summed E-state index contributed by atoms with van der Waals surface area (Å²) >= 11 is 0. The summed E-state index contributed by atoms with van der Waals surface area (Å²) in [5, 5.41) is 0. The second kappa shape index (κ2) is 18.9. The van der Waals surface area contributed by atoms with Gasteiger partial charge in [-0.1, -0.05) is 109 Å². The minimum absolute atomic E-state index is 0.304. The predicted octanol–water partition coefficient (Wildman–Crippen LogP) is 6.37. The summed E-state index contributed by atoms with van der Waals surface area (Å²) in [6.45, 7) is 5.27. The quantitative estimate of drug-likeness (QED) is 0.138. The third kappa shape index (κ3) is 10.8. The van der Waals surface area contributed by atoms with Crippen molar-refractivity contribution in [3.8, 4) is 0 Å². The minimum atomic E-state index is -0.748. The van der Waals surface area contributed by atoms with Gasteiger partial charge < -0.3 is 24.7 Å². The van der Waals surface area contributed by atoms with Gasteiger partial charge in [-0.25, -0.2) is 9.59 Å². The molecule has 4 rings (SSSR count). The van der Waals surface area contributed by atoms with Crippen LogP contribution in [-0.4, -0.2) is 45.1 Å². The highest BCUT2D eigenvalue weighted by molar-refractivity contribution is 6.13. The van der Waals surface area contributed by atoms with Crippen LogP contribution in [0.15, 0.2) is 114 Å². The molecule has 0 aliphatic carbocycles. The number of hydrogen-bond donors (Lipinski definition) is 1. The number of rotatable bonds is 13. The van der Waals surface area contributed by atoms with Crippen molar-refractivity contribution >= 4 is 17.7 Å². The van der Waals surface area contributed by atoms with Gasteiger partial charge >= 0.3 is 11.9 Å². The molecular weight excluding hydrogens is 568 g/mol. The lowest BCUT2D eigenvalue weighted by atomic mass is 10.00. The molecule has 0 aliphatic rings. The topological polar surface area (TPSA) is 109 Å². The van der Waals surface area contributed by atoms with Gasteiger partial charge in [0, 0.05) is 25.3 Å². The zero-order chi connectivity index (χ0) is 32.4. The van der Waals surface area contributed by atoms with Gasteiger partial charge in [-0.15, -0.1) is 0 Å². The van der Waals surface area contributed by atoms with Crippen LogP contribution in [0, 0.1) is 0 Å². The molecule has 2 unspecified atom stereocenters. The van der Waals surface area contributed by atoms with Gasteiger partial charge in [0.1, 0.15) is 6.04 Å². The summed E-state index contributed by atoms with van der Waals surface area (Å²) < 4.78 is 20.4. The molecule has 0 amide bonds. The molecule has 236 valence electrons. The molecule has 0 radical (unpaired) electrons. The standard InChI is InChI=1S/C25H25NO3.C12H17NO3/c1-3-29-25(27)24(22-16-14-19(15-17-22)18-28-2)26-23(20-10-6-4-7-11-20)21-12-8-5-9-13-21;1-3-16-12(14)11(13)10-6-4-9(5-7-10)8-15-2/h4-17,24H,3,18H2,1-2H3;4-7,11H,3,8,13H2,1-2H3. The Hall–Kier alpha value is -4.63. The molecule has 0 aliphatic heterocycles. The summed E-state index contributed by atoms with van der Waals surface area (Å²) in [6, 6.07) is 33.4. The van der Waals surface area contributed by atoms with E-state index >= 15 is 0 Å². The van der Waals surface area contributed by atoms with E-state index in [-0.39, 0.29) is 5.97 Å². The number of nitrogens with zero attached hydrogens (tertiary/aromatic N) is 1. The van der Waals surface area contributed by atoms with Gasteiger partial charge in [0.25, 0.3) is 0 Å². The zero-order valence-electron chi connectivity index (χ0n) is 26.3. The Balaban J connectivity index is 0.000000292. The lowest BCUT2D eigenvalue weighted by Gasteiger charge is -2.16. The van der Waals surface area contributed by atoms with Gasteiger partial charge in [0.15, 0.2) is 6.04 Å². The molecule has 0 saturated heterocycles. The van der Waals surface area contributed by atoms with Crippen molar-refractivity contribution in [1.82, 2.24) is 0 Å². The highest BCUT2D eigenvalue weighted by Crippen LogP contribution is 2.24. The lowest BCUT2D eigenvalue weighted by Crippen LogP contribution is -2.23.